The lowest BCUT2D eigenvalue weighted by molar-refractivity contribution is 0.0769. The fourth-order valence-corrected chi connectivity index (χ4v) is 4.61. The number of nitrogens with zero attached hydrogens (tertiary/aromatic N) is 3. The number of hydrogen-bond acceptors (Lipinski definition) is 5. The van der Waals surface area contributed by atoms with Crippen molar-refractivity contribution in [2.75, 3.05) is 17.7 Å². The van der Waals surface area contributed by atoms with Gasteiger partial charge < -0.3 is 15.4 Å². The Morgan fingerprint density at radius 2 is 2.00 bits per heavy atom. The first-order valence-corrected chi connectivity index (χ1v) is 10.2. The lowest BCUT2D eigenvalue weighted by Gasteiger charge is -2.35. The number of amides is 1. The summed E-state index contributed by atoms with van der Waals surface area (Å²) >= 11 is 7.78. The van der Waals surface area contributed by atoms with Crippen LogP contribution in [-0.4, -0.2) is 38.9 Å². The molecule has 0 bridgehead atoms. The number of anilines is 1. The summed E-state index contributed by atoms with van der Waals surface area (Å²) in [5.41, 5.74) is 0.168. The van der Waals surface area contributed by atoms with Gasteiger partial charge in [0.05, 0.1) is 12.1 Å². The molecule has 3 N–H and O–H groups in total. The van der Waals surface area contributed by atoms with Gasteiger partial charge in [0, 0.05) is 23.3 Å². The largest absolute Gasteiger partial charge is 0.366 e. The van der Waals surface area contributed by atoms with Gasteiger partial charge in [-0.1, -0.05) is 59.8 Å². The molecule has 0 radical (unpaired) electrons. The monoisotopic (exact) mass is 427 g/mol. The van der Waals surface area contributed by atoms with Gasteiger partial charge in [-0.05, 0) is 18.2 Å². The number of aromatic amines is 1. The van der Waals surface area contributed by atoms with Crippen LogP contribution in [0.1, 0.15) is 16.1 Å². The number of aliphatic imine (C=N–C) groups is 1. The van der Waals surface area contributed by atoms with Gasteiger partial charge in [0.15, 0.2) is 22.4 Å². The molecule has 2 aromatic carbocycles. The highest BCUT2D eigenvalue weighted by Crippen LogP contribution is 2.44. The lowest BCUT2D eigenvalue weighted by atomic mass is 10.0. The number of benzene rings is 2. The van der Waals surface area contributed by atoms with E-state index in [1.54, 1.807) is 17.0 Å². The van der Waals surface area contributed by atoms with E-state index >= 15 is 0 Å². The molecule has 1 fully saturated rings. The maximum Gasteiger partial charge on any atom is 0.271 e. The Kier molecular flexibility index (Phi) is 5.31. The van der Waals surface area contributed by atoms with Crippen LogP contribution in [0.25, 0.3) is 0 Å². The summed E-state index contributed by atoms with van der Waals surface area (Å²) in [4.78, 5) is 25.4. The molecule has 1 amide bonds. The van der Waals surface area contributed by atoms with Crippen molar-refractivity contribution >= 4 is 45.9 Å². The topological polar surface area (TPSA) is 93.6 Å². The zero-order valence-corrected chi connectivity index (χ0v) is 17.0. The van der Waals surface area contributed by atoms with Crippen LogP contribution < -0.4 is 10.2 Å². The molecule has 1 aliphatic heterocycles. The van der Waals surface area contributed by atoms with Crippen molar-refractivity contribution in [3.8, 4) is 0 Å². The number of nitrogens with one attached hydrogen (secondary N) is 2. The molecule has 148 valence electrons. The normalized spacial score (nSPS) is 20.2. The van der Waals surface area contributed by atoms with Crippen molar-refractivity contribution in [2.24, 2.45) is 4.99 Å². The van der Waals surface area contributed by atoms with E-state index in [1.807, 2.05) is 42.5 Å². The van der Waals surface area contributed by atoms with Gasteiger partial charge in [-0.15, -0.1) is 0 Å². The van der Waals surface area contributed by atoms with Crippen LogP contribution in [0.15, 0.2) is 65.9 Å². The molecule has 0 unspecified atom stereocenters. The third-order valence-corrected chi connectivity index (χ3v) is 5.97. The van der Waals surface area contributed by atoms with E-state index in [0.717, 1.165) is 5.69 Å². The zero-order chi connectivity index (χ0) is 20.4. The molecule has 0 spiro atoms. The van der Waals surface area contributed by atoms with Crippen LogP contribution in [-0.2, 0) is 5.72 Å². The zero-order valence-electron chi connectivity index (χ0n) is 15.5. The van der Waals surface area contributed by atoms with E-state index < -0.39 is 5.72 Å². The number of imidazole rings is 1. The maximum absolute atomic E-state index is 12.1. The Hall–Kier alpha value is -2.81. The average Bonchev–Trinajstić information content (AvgIpc) is 3.33. The Labute approximate surface area is 176 Å². The van der Waals surface area contributed by atoms with Crippen LogP contribution in [0, 0.1) is 0 Å². The molecule has 29 heavy (non-hydrogen) atoms. The molecular weight excluding hydrogens is 410 g/mol. The van der Waals surface area contributed by atoms with E-state index in [4.69, 9.17) is 11.6 Å². The summed E-state index contributed by atoms with van der Waals surface area (Å²) < 4.78 is 0. The molecule has 3 aromatic rings. The first-order chi connectivity index (χ1) is 14.0. The Balaban J connectivity index is 1.85. The highest BCUT2D eigenvalue weighted by atomic mass is 35.5. The predicted molar refractivity (Wildman–Crippen MR) is 116 cm³/mol. The molecule has 9 heteroatoms. The highest BCUT2D eigenvalue weighted by Gasteiger charge is 2.47. The van der Waals surface area contributed by atoms with Gasteiger partial charge in [-0.25, -0.2) is 9.98 Å². The van der Waals surface area contributed by atoms with Crippen LogP contribution >= 0.6 is 23.4 Å². The first-order valence-electron chi connectivity index (χ1n) is 8.84. The molecule has 1 aromatic heterocycles. The van der Waals surface area contributed by atoms with Gasteiger partial charge in [-0.3, -0.25) is 9.69 Å². The van der Waals surface area contributed by atoms with E-state index in [-0.39, 0.29) is 17.4 Å². The summed E-state index contributed by atoms with van der Waals surface area (Å²) in [6.07, 6.45) is 1.41. The quantitative estimate of drug-likeness (QED) is 0.592. The molecule has 7 nitrogen and oxygen atoms in total. The first kappa shape index (κ1) is 19.5. The van der Waals surface area contributed by atoms with E-state index in [0.29, 0.717) is 21.5 Å². The van der Waals surface area contributed by atoms with E-state index in [2.05, 4.69) is 20.3 Å². The fraction of sp³-hybridized carbons (Fsp3) is 0.150. The van der Waals surface area contributed by atoms with Gasteiger partial charge >= 0.3 is 0 Å². The van der Waals surface area contributed by atoms with Gasteiger partial charge in [-0.2, -0.15) is 0 Å². The number of hydrogen-bond donors (Lipinski definition) is 3. The second-order valence-corrected chi connectivity index (χ2v) is 7.68. The predicted octanol–water partition coefficient (Wildman–Crippen LogP) is 3.51. The second-order valence-electron chi connectivity index (χ2n) is 6.33. The third-order valence-electron chi connectivity index (χ3n) is 4.56. The lowest BCUT2D eigenvalue weighted by Crippen LogP contribution is -2.45. The molecule has 1 atom stereocenters. The Bertz CT molecular complexity index is 1070. The maximum atomic E-state index is 12.1. The minimum atomic E-state index is -1.41. The number of H-pyrrole nitrogens is 1. The highest BCUT2D eigenvalue weighted by molar-refractivity contribution is 8.14. The summed E-state index contributed by atoms with van der Waals surface area (Å²) in [6, 6.07) is 16.6. The fourth-order valence-electron chi connectivity index (χ4n) is 3.17. The molecule has 0 aliphatic carbocycles. The number of rotatable bonds is 4. The number of carbonyl (C=O) groups is 1. The van der Waals surface area contributed by atoms with Gasteiger partial charge in [0.2, 0.25) is 0 Å². The third kappa shape index (κ3) is 3.50. The smallest absolute Gasteiger partial charge is 0.271 e. The van der Waals surface area contributed by atoms with Gasteiger partial charge in [0.1, 0.15) is 0 Å². The molecule has 1 aliphatic rings. The second kappa shape index (κ2) is 7.90. The van der Waals surface area contributed by atoms with Crippen LogP contribution in [0.4, 0.5) is 11.5 Å². The van der Waals surface area contributed by atoms with Crippen LogP contribution in [0.5, 0.6) is 0 Å². The van der Waals surface area contributed by atoms with Crippen molar-refractivity contribution < 1.29 is 9.90 Å². The van der Waals surface area contributed by atoms with Crippen molar-refractivity contribution in [3.05, 3.63) is 77.2 Å². The molecule has 4 rings (SSSR count). The Morgan fingerprint density at radius 3 is 2.72 bits per heavy atom. The molecular formula is C20H18ClN5O2S. The minimum absolute atomic E-state index is 0.246. The van der Waals surface area contributed by atoms with Crippen LogP contribution in [0.3, 0.4) is 0 Å². The summed E-state index contributed by atoms with van der Waals surface area (Å²) in [6.45, 7) is 0. The summed E-state index contributed by atoms with van der Waals surface area (Å²) in [5, 5.41) is 15.2. The number of halogens is 1. The number of amidine groups is 1. The van der Waals surface area contributed by atoms with Gasteiger partial charge in [0.25, 0.3) is 5.91 Å². The number of carbonyl (C=O) groups excluding carboxylic acids is 1. The van der Waals surface area contributed by atoms with Crippen LogP contribution in [0.2, 0.25) is 5.02 Å². The van der Waals surface area contributed by atoms with E-state index in [9.17, 15) is 9.90 Å². The molecule has 2 heterocycles. The standard InChI is InChI=1S/C20H18ClN5O2S/c1-22-18(27)16-17(24-12-23-16)25-19-26(13-7-3-2-4-8-13)20(28,11-29-19)14-9-5-6-10-15(14)21/h2-10,12,28H,11H2,1H3,(H,22,27)(H,23,24)/t20-/m1/s1. The molecule has 1 saturated heterocycles. The Morgan fingerprint density at radius 1 is 1.28 bits per heavy atom. The van der Waals surface area contributed by atoms with Crippen molar-refractivity contribution in [1.82, 2.24) is 15.3 Å². The minimum Gasteiger partial charge on any atom is -0.366 e. The number of aromatic nitrogens is 2. The van der Waals surface area contributed by atoms with Crippen molar-refractivity contribution in [2.45, 2.75) is 5.72 Å². The SMILES string of the molecule is CNC(=O)c1[nH]cnc1N=C1SC[C@@](O)(c2ccccc2Cl)N1c1ccccc1. The summed E-state index contributed by atoms with van der Waals surface area (Å²) in [5.74, 6) is 0.234. The van der Waals surface area contributed by atoms with Crippen molar-refractivity contribution in [3.63, 3.8) is 0 Å². The number of thioether (sulfide) groups is 1. The van der Waals surface area contributed by atoms with Crippen molar-refractivity contribution in [1.29, 1.82) is 0 Å². The molecule has 0 saturated carbocycles. The number of aliphatic hydroxyl groups is 1. The summed E-state index contributed by atoms with van der Waals surface area (Å²) in [7, 11) is 1.54. The van der Waals surface area contributed by atoms with E-state index in [1.165, 1.54) is 25.1 Å². The number of para-hydroxylation sites is 1. The average molecular weight is 428 g/mol.